The highest BCUT2D eigenvalue weighted by molar-refractivity contribution is 6.99. The van der Waals surface area contributed by atoms with Crippen LogP contribution in [-0.2, 0) is 37.3 Å². The Morgan fingerprint density at radius 1 is 0.542 bits per heavy atom. The minimum Gasteiger partial charge on any atom is -0.436 e. The van der Waals surface area contributed by atoms with Gasteiger partial charge in [-0.15, -0.1) is 0 Å². The maximum absolute atomic E-state index is 15.1. The van der Waals surface area contributed by atoms with E-state index in [0.717, 1.165) is 50.1 Å². The van der Waals surface area contributed by atoms with Crippen LogP contribution in [0.4, 0.5) is 10.5 Å². The van der Waals surface area contributed by atoms with Gasteiger partial charge in [0.1, 0.15) is 12.1 Å². The van der Waals surface area contributed by atoms with Gasteiger partial charge in [0, 0.05) is 30.3 Å². The van der Waals surface area contributed by atoms with Crippen LogP contribution in [0.25, 0.3) is 11.1 Å². The molecule has 0 saturated carbocycles. The highest BCUT2D eigenvalue weighted by atomic mass is 28.4. The van der Waals surface area contributed by atoms with E-state index in [1.807, 2.05) is 127 Å². The fourth-order valence-electron chi connectivity index (χ4n) is 11.9. The molecule has 0 fully saturated rings. The highest BCUT2D eigenvalue weighted by Crippen LogP contribution is 2.45. The highest BCUT2D eigenvalue weighted by Gasteiger charge is 2.50. The summed E-state index contributed by atoms with van der Waals surface area (Å²) in [6.07, 6.45) is 0.451. The number of unbranched alkanes of at least 4 members (excludes halogenated alkanes) is 1. The Hall–Kier alpha value is -8.67. The molecule has 1 aliphatic carbocycles. The molecule has 0 heterocycles. The average Bonchev–Trinajstić information content (AvgIpc) is 3.50. The third kappa shape index (κ3) is 12.7. The van der Waals surface area contributed by atoms with Crippen molar-refractivity contribution in [3.8, 4) is 11.1 Å². The zero-order chi connectivity index (χ0) is 57.8. The minimum absolute atomic E-state index is 0.186. The van der Waals surface area contributed by atoms with Gasteiger partial charge in [-0.3, -0.25) is 19.8 Å². The maximum Gasteiger partial charge on any atom is 0.411 e. The van der Waals surface area contributed by atoms with Gasteiger partial charge in [0.2, 0.25) is 11.8 Å². The molecule has 0 radical (unpaired) electrons. The van der Waals surface area contributed by atoms with E-state index >= 15 is 4.79 Å². The first-order valence-corrected chi connectivity index (χ1v) is 30.8. The fourth-order valence-corrected chi connectivity index (χ4v) is 16.5. The van der Waals surface area contributed by atoms with Crippen molar-refractivity contribution >= 4 is 42.3 Å². The Bertz CT molecular complexity index is 3460. The Morgan fingerprint density at radius 3 is 1.55 bits per heavy atom. The predicted molar refractivity (Wildman–Crippen MR) is 337 cm³/mol. The molecular formula is C73H74N4O5Si. The maximum atomic E-state index is 15.1. The molecule has 1 aliphatic rings. The number of anilines is 1. The normalized spacial score (nSPS) is 13.0. The third-order valence-electron chi connectivity index (χ3n) is 16.3. The zero-order valence-corrected chi connectivity index (χ0v) is 49.1. The van der Waals surface area contributed by atoms with E-state index in [-0.39, 0.29) is 17.4 Å². The molecule has 2 unspecified atom stereocenters. The number of nitrogens with one attached hydrogen (secondary N) is 3. The molecule has 2 atom stereocenters. The first-order valence-electron chi connectivity index (χ1n) is 28.9. The molecule has 9 aromatic carbocycles. The van der Waals surface area contributed by atoms with E-state index in [2.05, 4.69) is 165 Å². The van der Waals surface area contributed by atoms with Gasteiger partial charge < -0.3 is 19.8 Å². The van der Waals surface area contributed by atoms with E-state index in [1.165, 1.54) is 20.8 Å². The summed E-state index contributed by atoms with van der Waals surface area (Å²) in [5.41, 5.74) is 9.99. The Kier molecular flexibility index (Phi) is 18.1. The van der Waals surface area contributed by atoms with Crippen LogP contribution in [0.1, 0.15) is 90.6 Å². The molecular weight excluding hydrogens is 1040 g/mol. The second-order valence-electron chi connectivity index (χ2n) is 22.7. The number of benzene rings is 9. The van der Waals surface area contributed by atoms with Gasteiger partial charge in [-0.1, -0.05) is 263 Å². The van der Waals surface area contributed by atoms with Crippen LogP contribution in [0.5, 0.6) is 0 Å². The van der Waals surface area contributed by atoms with Crippen molar-refractivity contribution in [2.24, 2.45) is 0 Å². The molecule has 9 nitrogen and oxygen atoms in total. The average molecular weight is 1120 g/mol. The molecule has 0 aliphatic heterocycles. The minimum atomic E-state index is -2.82. The van der Waals surface area contributed by atoms with E-state index < -0.39 is 44.0 Å². The lowest BCUT2D eigenvalue weighted by molar-refractivity contribution is -0.130. The first kappa shape index (κ1) is 57.6. The summed E-state index contributed by atoms with van der Waals surface area (Å²) >= 11 is 0. The summed E-state index contributed by atoms with van der Waals surface area (Å²) in [6.45, 7) is 9.85. The number of hydrogen-bond acceptors (Lipinski definition) is 6. The monoisotopic (exact) mass is 1110 g/mol. The second-order valence-corrected chi connectivity index (χ2v) is 27.0. The lowest BCUT2D eigenvalue weighted by Crippen LogP contribution is -2.66. The van der Waals surface area contributed by atoms with Gasteiger partial charge in [-0.05, 0) is 99.2 Å². The van der Waals surface area contributed by atoms with E-state index in [4.69, 9.17) is 9.16 Å². The molecule has 3 amide bonds. The van der Waals surface area contributed by atoms with Crippen LogP contribution in [0.3, 0.4) is 0 Å². The quantitative estimate of drug-likeness (QED) is 0.0354. The largest absolute Gasteiger partial charge is 0.436 e. The van der Waals surface area contributed by atoms with Crippen LogP contribution in [0.2, 0.25) is 5.04 Å². The van der Waals surface area contributed by atoms with Crippen molar-refractivity contribution in [3.05, 3.63) is 293 Å². The lowest BCUT2D eigenvalue weighted by atomic mass is 9.76. The predicted octanol–water partition coefficient (Wildman–Crippen LogP) is 13.7. The van der Waals surface area contributed by atoms with Gasteiger partial charge >= 0.3 is 6.09 Å². The summed E-state index contributed by atoms with van der Waals surface area (Å²) in [4.78, 5) is 45.9. The number of rotatable bonds is 22. The Labute approximate surface area is 490 Å². The summed E-state index contributed by atoms with van der Waals surface area (Å²) in [5, 5.41) is 12.5. The number of hydrogen-bond donors (Lipinski definition) is 3. The summed E-state index contributed by atoms with van der Waals surface area (Å²) in [5.74, 6) is -0.839. The molecule has 420 valence electrons. The van der Waals surface area contributed by atoms with Gasteiger partial charge in [0.15, 0.2) is 6.10 Å². The van der Waals surface area contributed by atoms with Crippen LogP contribution < -0.4 is 26.3 Å². The number of nitrogens with zero attached hydrogens (tertiary/aromatic N) is 1. The smallest absolute Gasteiger partial charge is 0.411 e. The van der Waals surface area contributed by atoms with Crippen molar-refractivity contribution in [3.63, 3.8) is 0 Å². The second kappa shape index (κ2) is 26.1. The van der Waals surface area contributed by atoms with E-state index in [0.29, 0.717) is 38.1 Å². The molecule has 10 heteroatoms. The van der Waals surface area contributed by atoms with E-state index in [1.54, 1.807) is 7.05 Å². The lowest BCUT2D eigenvalue weighted by Gasteiger charge is -2.43. The zero-order valence-electron chi connectivity index (χ0n) is 48.1. The Balaban J connectivity index is 0.907. The van der Waals surface area contributed by atoms with Crippen LogP contribution in [-0.4, -0.2) is 56.8 Å². The van der Waals surface area contributed by atoms with Gasteiger partial charge in [0.05, 0.1) is 12.1 Å². The van der Waals surface area contributed by atoms with Gasteiger partial charge in [-0.2, -0.15) is 0 Å². The Morgan fingerprint density at radius 2 is 1.02 bits per heavy atom. The topological polar surface area (TPSA) is 109 Å². The standard InChI is InChI=1S/C73H74N4O5Si/c1-53-42-46-58(47-43-53)73(56-29-13-7-14-30-56,57-31-15-8-16-32-57)74-50-26-25-41-66(69(78)75-59-48-44-55(45-49-59)52-81-83(72(2,3)4,60-33-17-9-18-34-60)61-35-19-10-20-36-61)76-70(79)67(51-54-27-11-6-12-28-54)77(5)71(80)82-68-64-39-23-21-37-62(64)63-38-22-24-40-65(63)68/h6-24,27-40,42-49,66-68,74H,25-26,41,50-52H2,1-5H3,(H,75,78)(H,76,79). The van der Waals surface area contributed by atoms with E-state index in [9.17, 15) is 9.59 Å². The SMILES string of the molecule is Cc1ccc(C(NCCCCC(NC(=O)C(Cc2ccccc2)N(C)C(=O)OC2c3ccccc3-c3ccccc32)C(=O)Nc2ccc(CO[Si](c3ccccc3)(c3ccccc3)C(C)(C)C)cc2)(c2ccccc2)c2ccccc2)cc1. The van der Waals surface area contributed by atoms with Crippen molar-refractivity contribution in [1.29, 1.82) is 0 Å². The number of aryl methyl sites for hydroxylation is 1. The number of carbonyl (C=O) groups is 3. The molecule has 0 aromatic heterocycles. The van der Waals surface area contributed by atoms with Crippen molar-refractivity contribution in [2.45, 2.75) is 88.7 Å². The molecule has 83 heavy (non-hydrogen) atoms. The molecule has 0 saturated heterocycles. The summed E-state index contributed by atoms with van der Waals surface area (Å²) in [6, 6.07) is 82.1. The van der Waals surface area contributed by atoms with Gasteiger partial charge in [0.25, 0.3) is 8.32 Å². The molecule has 10 rings (SSSR count). The first-order chi connectivity index (χ1) is 40.4. The number of amides is 3. The molecule has 0 bridgehead atoms. The summed E-state index contributed by atoms with van der Waals surface area (Å²) in [7, 11) is -1.22. The number of fused-ring (bicyclic) bond motifs is 3. The molecule has 0 spiro atoms. The summed E-state index contributed by atoms with van der Waals surface area (Å²) < 4.78 is 13.6. The van der Waals surface area contributed by atoms with Crippen LogP contribution in [0.15, 0.2) is 249 Å². The number of carbonyl (C=O) groups excluding carboxylic acids is 3. The van der Waals surface area contributed by atoms with Crippen molar-refractivity contribution in [2.75, 3.05) is 18.9 Å². The van der Waals surface area contributed by atoms with Gasteiger partial charge in [-0.25, -0.2) is 4.79 Å². The van der Waals surface area contributed by atoms with Crippen LogP contribution >= 0.6 is 0 Å². The number of likely N-dealkylation sites (N-methyl/N-ethyl adjacent to an activating group) is 1. The third-order valence-corrected chi connectivity index (χ3v) is 21.2. The number of ether oxygens (including phenoxy) is 1. The molecule has 9 aromatic rings. The van der Waals surface area contributed by atoms with Crippen molar-refractivity contribution in [1.82, 2.24) is 15.5 Å². The van der Waals surface area contributed by atoms with Crippen molar-refractivity contribution < 1.29 is 23.5 Å². The molecule has 3 N–H and O–H groups in total. The fraction of sp³-hybridized carbons (Fsp3) is 0.219. The van der Waals surface area contributed by atoms with Crippen LogP contribution in [0, 0.1) is 6.92 Å².